The number of likely N-dealkylation sites (tertiary alicyclic amines) is 1. The number of aryl methyl sites for hydroxylation is 2. The monoisotopic (exact) mass is 356 g/mol. The summed E-state index contributed by atoms with van der Waals surface area (Å²) in [5.74, 6) is 0.831. The number of rotatable bonds is 2. The third-order valence-electron chi connectivity index (χ3n) is 4.69. The lowest BCUT2D eigenvalue weighted by atomic mass is 9.94. The summed E-state index contributed by atoms with van der Waals surface area (Å²) in [5.41, 5.74) is 8.25. The van der Waals surface area contributed by atoms with Gasteiger partial charge in [0.2, 0.25) is 0 Å². The molecule has 8 heteroatoms. The van der Waals surface area contributed by atoms with Crippen LogP contribution in [0.1, 0.15) is 44.8 Å². The fourth-order valence-electron chi connectivity index (χ4n) is 3.44. The standard InChI is InChI=1S/C17H20N6OS/c1-9-14(25-10(2)19-9)17(24)23-7-3-4-11(8-23)13-6-5-12-15(18)21-22-16(12)20-13/h5-6,11H,3-4,7-8H2,1-2H3,(H3,18,20,21,22)/t11-/m0/s1. The molecular weight excluding hydrogens is 336 g/mol. The number of nitrogens with one attached hydrogen (secondary N) is 1. The topological polar surface area (TPSA) is 101 Å². The van der Waals surface area contributed by atoms with E-state index in [0.29, 0.717) is 18.0 Å². The molecule has 3 N–H and O–H groups in total. The summed E-state index contributed by atoms with van der Waals surface area (Å²) < 4.78 is 0. The third-order valence-corrected chi connectivity index (χ3v) is 5.75. The van der Waals surface area contributed by atoms with Crippen molar-refractivity contribution in [3.8, 4) is 0 Å². The van der Waals surface area contributed by atoms with Gasteiger partial charge in [-0.2, -0.15) is 5.10 Å². The van der Waals surface area contributed by atoms with Crippen LogP contribution in [-0.4, -0.2) is 44.1 Å². The Labute approximate surface area is 149 Å². The highest BCUT2D eigenvalue weighted by Gasteiger charge is 2.28. The van der Waals surface area contributed by atoms with Crippen molar-refractivity contribution in [2.75, 3.05) is 18.8 Å². The van der Waals surface area contributed by atoms with Gasteiger partial charge in [0, 0.05) is 24.7 Å². The zero-order valence-electron chi connectivity index (χ0n) is 14.2. The van der Waals surface area contributed by atoms with Crippen LogP contribution in [0.25, 0.3) is 11.0 Å². The van der Waals surface area contributed by atoms with Crippen molar-refractivity contribution >= 4 is 34.1 Å². The average Bonchev–Trinajstić information content (AvgIpc) is 3.16. The smallest absolute Gasteiger partial charge is 0.265 e. The van der Waals surface area contributed by atoms with Crippen molar-refractivity contribution in [2.45, 2.75) is 32.6 Å². The van der Waals surface area contributed by atoms with Crippen LogP contribution in [0.5, 0.6) is 0 Å². The summed E-state index contributed by atoms with van der Waals surface area (Å²) in [6.45, 7) is 5.29. The molecule has 3 aromatic heterocycles. The number of hydrogen-bond donors (Lipinski definition) is 2. The fourth-order valence-corrected chi connectivity index (χ4v) is 4.32. The van der Waals surface area contributed by atoms with Crippen LogP contribution >= 0.6 is 11.3 Å². The van der Waals surface area contributed by atoms with Gasteiger partial charge in [-0.1, -0.05) is 0 Å². The number of aromatic nitrogens is 4. The summed E-state index contributed by atoms with van der Waals surface area (Å²) in [5, 5.41) is 8.67. The van der Waals surface area contributed by atoms with Crippen LogP contribution in [0.3, 0.4) is 0 Å². The van der Waals surface area contributed by atoms with Crippen molar-refractivity contribution in [2.24, 2.45) is 0 Å². The molecule has 1 atom stereocenters. The van der Waals surface area contributed by atoms with Crippen LogP contribution in [-0.2, 0) is 0 Å². The largest absolute Gasteiger partial charge is 0.384 e. The summed E-state index contributed by atoms with van der Waals surface area (Å²) in [6.07, 6.45) is 1.98. The van der Waals surface area contributed by atoms with Gasteiger partial charge in [0.15, 0.2) is 5.65 Å². The Kier molecular flexibility index (Phi) is 3.91. The number of pyridine rings is 1. The second kappa shape index (κ2) is 6.11. The second-order valence-corrected chi connectivity index (χ2v) is 7.69. The minimum Gasteiger partial charge on any atom is -0.384 e. The van der Waals surface area contributed by atoms with E-state index in [9.17, 15) is 4.79 Å². The maximum atomic E-state index is 12.9. The first-order valence-corrected chi connectivity index (χ1v) is 9.18. The van der Waals surface area contributed by atoms with Gasteiger partial charge in [0.1, 0.15) is 10.7 Å². The number of nitrogens with zero attached hydrogens (tertiary/aromatic N) is 4. The van der Waals surface area contributed by atoms with Gasteiger partial charge >= 0.3 is 0 Å². The number of piperidine rings is 1. The molecule has 0 aliphatic carbocycles. The highest BCUT2D eigenvalue weighted by atomic mass is 32.1. The van der Waals surface area contributed by atoms with E-state index >= 15 is 0 Å². The summed E-state index contributed by atoms with van der Waals surface area (Å²) in [7, 11) is 0. The third kappa shape index (κ3) is 2.86. The first-order chi connectivity index (χ1) is 12.0. The van der Waals surface area contributed by atoms with Gasteiger partial charge in [-0.05, 0) is 38.8 Å². The van der Waals surface area contributed by atoms with Crippen LogP contribution in [0.15, 0.2) is 12.1 Å². The number of anilines is 1. The summed E-state index contributed by atoms with van der Waals surface area (Å²) in [6, 6.07) is 3.95. The lowest BCUT2D eigenvalue weighted by molar-refractivity contribution is 0.0710. The Morgan fingerprint density at radius 3 is 2.96 bits per heavy atom. The van der Waals surface area contributed by atoms with Crippen molar-refractivity contribution in [3.05, 3.63) is 33.4 Å². The van der Waals surface area contributed by atoms with Gasteiger partial charge in [-0.25, -0.2) is 9.97 Å². The Morgan fingerprint density at radius 1 is 1.36 bits per heavy atom. The SMILES string of the molecule is Cc1nc(C)c(C(=O)N2CCC[C@H](c3ccc4c(N)[nH]nc4n3)C2)s1. The molecule has 25 heavy (non-hydrogen) atoms. The summed E-state index contributed by atoms with van der Waals surface area (Å²) >= 11 is 1.47. The molecule has 0 aromatic carbocycles. The van der Waals surface area contributed by atoms with E-state index in [1.807, 2.05) is 30.9 Å². The molecule has 0 saturated carbocycles. The van der Waals surface area contributed by atoms with E-state index in [1.54, 1.807) is 0 Å². The van der Waals surface area contributed by atoms with Gasteiger partial charge in [-0.15, -0.1) is 11.3 Å². The molecule has 1 fully saturated rings. The maximum Gasteiger partial charge on any atom is 0.265 e. The number of hydrogen-bond acceptors (Lipinski definition) is 6. The number of nitrogens with two attached hydrogens (primary N) is 1. The number of carbonyl (C=O) groups excluding carboxylic acids is 1. The van der Waals surface area contributed by atoms with Gasteiger partial charge in [0.25, 0.3) is 5.91 Å². The van der Waals surface area contributed by atoms with E-state index in [1.165, 1.54) is 11.3 Å². The number of nitrogen functional groups attached to an aromatic ring is 1. The lowest BCUT2D eigenvalue weighted by Crippen LogP contribution is -2.39. The number of fused-ring (bicyclic) bond motifs is 1. The number of H-pyrrole nitrogens is 1. The number of carbonyl (C=O) groups is 1. The first-order valence-electron chi connectivity index (χ1n) is 8.36. The molecule has 3 aromatic rings. The zero-order valence-corrected chi connectivity index (χ0v) is 15.1. The quantitative estimate of drug-likeness (QED) is 0.735. The van der Waals surface area contributed by atoms with Crippen molar-refractivity contribution in [1.82, 2.24) is 25.1 Å². The minimum absolute atomic E-state index is 0.0814. The molecule has 0 spiro atoms. The van der Waals surface area contributed by atoms with Crippen molar-refractivity contribution in [1.29, 1.82) is 0 Å². The normalized spacial score (nSPS) is 18.0. The predicted octanol–water partition coefficient (Wildman–Crippen LogP) is 2.63. The van der Waals surface area contributed by atoms with Gasteiger partial charge in [0.05, 0.1) is 16.1 Å². The Bertz CT molecular complexity index is 946. The molecule has 1 amide bonds. The van der Waals surface area contributed by atoms with Crippen molar-refractivity contribution < 1.29 is 4.79 Å². The number of amides is 1. The van der Waals surface area contributed by atoms with Gasteiger partial charge < -0.3 is 10.6 Å². The van der Waals surface area contributed by atoms with E-state index in [-0.39, 0.29) is 11.8 Å². The van der Waals surface area contributed by atoms with Crippen LogP contribution in [0.2, 0.25) is 0 Å². The van der Waals surface area contributed by atoms with E-state index < -0.39 is 0 Å². The molecule has 0 bridgehead atoms. The van der Waals surface area contributed by atoms with Gasteiger partial charge in [-0.3, -0.25) is 9.89 Å². The Hall–Kier alpha value is -2.48. The van der Waals surface area contributed by atoms with E-state index in [4.69, 9.17) is 5.73 Å². The number of aromatic amines is 1. The van der Waals surface area contributed by atoms with Crippen LogP contribution in [0.4, 0.5) is 5.82 Å². The molecule has 7 nitrogen and oxygen atoms in total. The molecule has 0 radical (unpaired) electrons. The van der Waals surface area contributed by atoms with Crippen LogP contribution in [0, 0.1) is 13.8 Å². The van der Waals surface area contributed by atoms with Crippen molar-refractivity contribution in [3.63, 3.8) is 0 Å². The maximum absolute atomic E-state index is 12.9. The molecule has 4 heterocycles. The predicted molar refractivity (Wildman–Crippen MR) is 97.8 cm³/mol. The first kappa shape index (κ1) is 16.0. The molecule has 0 unspecified atom stereocenters. The molecular formula is C17H20N6OS. The highest BCUT2D eigenvalue weighted by molar-refractivity contribution is 7.13. The molecule has 1 saturated heterocycles. The Balaban J connectivity index is 1.57. The zero-order chi connectivity index (χ0) is 17.6. The summed E-state index contributed by atoms with van der Waals surface area (Å²) in [4.78, 5) is 24.6. The average molecular weight is 356 g/mol. The molecule has 1 aliphatic rings. The molecule has 1 aliphatic heterocycles. The fraction of sp³-hybridized carbons (Fsp3) is 0.412. The van der Waals surface area contributed by atoms with E-state index in [0.717, 1.165) is 46.0 Å². The van der Waals surface area contributed by atoms with Crippen LogP contribution < -0.4 is 5.73 Å². The highest BCUT2D eigenvalue weighted by Crippen LogP contribution is 2.29. The molecule has 4 rings (SSSR count). The Morgan fingerprint density at radius 2 is 2.20 bits per heavy atom. The minimum atomic E-state index is 0.0814. The lowest BCUT2D eigenvalue weighted by Gasteiger charge is -2.32. The second-order valence-electron chi connectivity index (χ2n) is 6.48. The molecule has 130 valence electrons. The number of thiazole rings is 1. The van der Waals surface area contributed by atoms with E-state index in [2.05, 4.69) is 20.2 Å².